The van der Waals surface area contributed by atoms with E-state index in [0.717, 1.165) is 39.5 Å². The number of nitrogens with zero attached hydrogens (tertiary/aromatic N) is 2. The van der Waals surface area contributed by atoms with Gasteiger partial charge in [0.2, 0.25) is 0 Å². The number of rotatable bonds is 6. The molecule has 1 aromatic heterocycles. The zero-order chi connectivity index (χ0) is 38.4. The Morgan fingerprint density at radius 3 is 1.38 bits per heavy atom. The first-order chi connectivity index (χ1) is 28.7. The zero-order valence-corrected chi connectivity index (χ0v) is 31.7. The molecule has 0 saturated carbocycles. The summed E-state index contributed by atoms with van der Waals surface area (Å²) in [5.41, 5.74) is 12.3. The standard InChI is InChI=1S/C56H36N2/c1-4-15-39(16-5-1)51-36-52(58-56(57-51)42-19-8-3-9-20-42)40-26-24-37(25-27-40)43-28-29-45-35-46(31-30-44(45)34-43)54-49-23-13-12-22-48(49)53(41-17-6-2-7-18-41)50-33-32-38-14-10-11-21-47(38)55(50)54/h1-36H. The molecule has 0 amide bonds. The van der Waals surface area contributed by atoms with Crippen molar-refractivity contribution in [3.05, 3.63) is 218 Å². The van der Waals surface area contributed by atoms with Crippen LogP contribution in [0.25, 0.3) is 110 Å². The van der Waals surface area contributed by atoms with Crippen molar-refractivity contribution in [1.29, 1.82) is 0 Å². The normalized spacial score (nSPS) is 11.4. The highest BCUT2D eigenvalue weighted by Gasteiger charge is 2.19. The van der Waals surface area contributed by atoms with Crippen molar-refractivity contribution in [2.75, 3.05) is 0 Å². The molecule has 0 unspecified atom stereocenters. The third-order valence-electron chi connectivity index (χ3n) is 11.4. The topological polar surface area (TPSA) is 25.8 Å². The summed E-state index contributed by atoms with van der Waals surface area (Å²) in [6, 6.07) is 78.3. The summed E-state index contributed by atoms with van der Waals surface area (Å²) in [6.07, 6.45) is 0. The lowest BCUT2D eigenvalue weighted by atomic mass is 9.83. The first-order valence-electron chi connectivity index (χ1n) is 19.8. The van der Waals surface area contributed by atoms with E-state index in [0.29, 0.717) is 0 Å². The van der Waals surface area contributed by atoms with Crippen LogP contribution in [-0.4, -0.2) is 9.97 Å². The molecule has 0 bridgehead atoms. The Morgan fingerprint density at radius 2 is 0.707 bits per heavy atom. The second-order valence-electron chi connectivity index (χ2n) is 14.9. The molecule has 11 aromatic rings. The predicted octanol–water partition coefficient (Wildman–Crippen LogP) is 15.1. The van der Waals surface area contributed by atoms with E-state index >= 15 is 0 Å². The van der Waals surface area contributed by atoms with Gasteiger partial charge in [-0.25, -0.2) is 9.97 Å². The smallest absolute Gasteiger partial charge is 0.160 e. The summed E-state index contributed by atoms with van der Waals surface area (Å²) in [6.45, 7) is 0. The number of aromatic nitrogens is 2. The van der Waals surface area contributed by atoms with E-state index in [1.165, 1.54) is 70.9 Å². The highest BCUT2D eigenvalue weighted by molar-refractivity contribution is 6.28. The molecule has 0 atom stereocenters. The van der Waals surface area contributed by atoms with Gasteiger partial charge in [0.25, 0.3) is 0 Å². The van der Waals surface area contributed by atoms with Gasteiger partial charge in [-0.15, -0.1) is 0 Å². The van der Waals surface area contributed by atoms with Crippen LogP contribution in [0, 0.1) is 0 Å². The van der Waals surface area contributed by atoms with Crippen molar-refractivity contribution >= 4 is 43.1 Å². The maximum Gasteiger partial charge on any atom is 0.160 e. The minimum Gasteiger partial charge on any atom is -0.228 e. The Balaban J connectivity index is 1.00. The summed E-state index contributed by atoms with van der Waals surface area (Å²) >= 11 is 0. The lowest BCUT2D eigenvalue weighted by molar-refractivity contribution is 1.18. The van der Waals surface area contributed by atoms with Crippen LogP contribution in [0.1, 0.15) is 0 Å². The van der Waals surface area contributed by atoms with Crippen molar-refractivity contribution < 1.29 is 0 Å². The molecule has 58 heavy (non-hydrogen) atoms. The third kappa shape index (κ3) is 5.91. The van der Waals surface area contributed by atoms with Gasteiger partial charge in [-0.05, 0) is 94.7 Å². The van der Waals surface area contributed by atoms with Crippen LogP contribution in [0.3, 0.4) is 0 Å². The van der Waals surface area contributed by atoms with Gasteiger partial charge in [0.1, 0.15) is 0 Å². The van der Waals surface area contributed by atoms with Crippen molar-refractivity contribution in [1.82, 2.24) is 9.97 Å². The number of benzene rings is 10. The van der Waals surface area contributed by atoms with Crippen molar-refractivity contribution in [2.24, 2.45) is 0 Å². The van der Waals surface area contributed by atoms with Crippen LogP contribution in [0.4, 0.5) is 0 Å². The monoisotopic (exact) mass is 736 g/mol. The molecule has 2 heteroatoms. The predicted molar refractivity (Wildman–Crippen MR) is 245 cm³/mol. The van der Waals surface area contributed by atoms with E-state index in [4.69, 9.17) is 9.97 Å². The number of fused-ring (bicyclic) bond motifs is 5. The van der Waals surface area contributed by atoms with E-state index in [9.17, 15) is 0 Å². The van der Waals surface area contributed by atoms with Crippen LogP contribution in [-0.2, 0) is 0 Å². The van der Waals surface area contributed by atoms with Gasteiger partial charge in [0.15, 0.2) is 5.82 Å². The first kappa shape index (κ1) is 33.6. The van der Waals surface area contributed by atoms with Gasteiger partial charge in [0, 0.05) is 16.7 Å². The van der Waals surface area contributed by atoms with E-state index in [1.807, 2.05) is 36.4 Å². The molecule has 2 nitrogen and oxygen atoms in total. The quantitative estimate of drug-likeness (QED) is 0.125. The van der Waals surface area contributed by atoms with Crippen molar-refractivity contribution in [3.63, 3.8) is 0 Å². The number of hydrogen-bond donors (Lipinski definition) is 0. The van der Waals surface area contributed by atoms with Crippen LogP contribution >= 0.6 is 0 Å². The van der Waals surface area contributed by atoms with Crippen LogP contribution in [0.15, 0.2) is 218 Å². The molecule has 270 valence electrons. The summed E-state index contributed by atoms with van der Waals surface area (Å²) in [5, 5.41) is 10.0. The minimum absolute atomic E-state index is 0.719. The molecule has 0 spiro atoms. The highest BCUT2D eigenvalue weighted by Crippen LogP contribution is 2.46. The van der Waals surface area contributed by atoms with E-state index in [1.54, 1.807) is 0 Å². The maximum atomic E-state index is 5.04. The Morgan fingerprint density at radius 1 is 0.241 bits per heavy atom. The largest absolute Gasteiger partial charge is 0.228 e. The molecule has 11 rings (SSSR count). The molecule has 1 heterocycles. The fourth-order valence-corrected chi connectivity index (χ4v) is 8.65. The summed E-state index contributed by atoms with van der Waals surface area (Å²) in [7, 11) is 0. The van der Waals surface area contributed by atoms with Gasteiger partial charge in [-0.2, -0.15) is 0 Å². The minimum atomic E-state index is 0.719. The average molecular weight is 737 g/mol. The van der Waals surface area contributed by atoms with Gasteiger partial charge in [-0.1, -0.05) is 200 Å². The summed E-state index contributed by atoms with van der Waals surface area (Å²) < 4.78 is 0. The van der Waals surface area contributed by atoms with Crippen LogP contribution in [0.5, 0.6) is 0 Å². The summed E-state index contributed by atoms with van der Waals surface area (Å²) in [5.74, 6) is 0.719. The molecule has 0 N–H and O–H groups in total. The van der Waals surface area contributed by atoms with Crippen molar-refractivity contribution in [2.45, 2.75) is 0 Å². The first-order valence-corrected chi connectivity index (χ1v) is 19.8. The van der Waals surface area contributed by atoms with E-state index < -0.39 is 0 Å². The van der Waals surface area contributed by atoms with Gasteiger partial charge >= 0.3 is 0 Å². The lowest BCUT2D eigenvalue weighted by Gasteiger charge is -2.19. The average Bonchev–Trinajstić information content (AvgIpc) is 3.31. The Bertz CT molecular complexity index is 3240. The second-order valence-corrected chi connectivity index (χ2v) is 14.9. The van der Waals surface area contributed by atoms with E-state index in [2.05, 4.69) is 182 Å². The Labute approximate surface area is 337 Å². The zero-order valence-electron chi connectivity index (χ0n) is 31.7. The fraction of sp³-hybridized carbons (Fsp3) is 0. The van der Waals surface area contributed by atoms with Gasteiger partial charge in [0.05, 0.1) is 11.4 Å². The van der Waals surface area contributed by atoms with E-state index in [-0.39, 0.29) is 0 Å². The molecule has 0 fully saturated rings. The Hall–Kier alpha value is -7.68. The molecular formula is C56H36N2. The lowest BCUT2D eigenvalue weighted by Crippen LogP contribution is -1.95. The molecule has 0 aliphatic rings. The molecule has 0 saturated heterocycles. The highest BCUT2D eigenvalue weighted by atomic mass is 14.9. The Kier molecular flexibility index (Phi) is 8.19. The van der Waals surface area contributed by atoms with Crippen LogP contribution < -0.4 is 0 Å². The van der Waals surface area contributed by atoms with Gasteiger partial charge < -0.3 is 0 Å². The third-order valence-corrected chi connectivity index (χ3v) is 11.4. The number of hydrogen-bond acceptors (Lipinski definition) is 2. The maximum absolute atomic E-state index is 5.04. The molecule has 10 aromatic carbocycles. The molecule has 0 radical (unpaired) electrons. The fourth-order valence-electron chi connectivity index (χ4n) is 8.65. The van der Waals surface area contributed by atoms with Gasteiger partial charge in [-0.3, -0.25) is 0 Å². The molecular weight excluding hydrogens is 701 g/mol. The molecule has 0 aliphatic heterocycles. The van der Waals surface area contributed by atoms with Crippen molar-refractivity contribution in [3.8, 4) is 67.3 Å². The summed E-state index contributed by atoms with van der Waals surface area (Å²) in [4.78, 5) is 10.0. The van der Waals surface area contributed by atoms with Crippen LogP contribution in [0.2, 0.25) is 0 Å². The SMILES string of the molecule is c1ccc(-c2cc(-c3ccc(-c4ccc5cc(-c6c7ccccc7c(-c7ccccc7)c7ccc8ccccc8c67)ccc5c4)cc3)nc(-c3ccccc3)n2)cc1. The second kappa shape index (κ2) is 14.1. The molecule has 0 aliphatic carbocycles.